The van der Waals surface area contributed by atoms with Crippen LogP contribution in [0.4, 0.5) is 4.39 Å². The maximum atomic E-state index is 13.8. The highest BCUT2D eigenvalue weighted by atomic mass is 19.1. The summed E-state index contributed by atoms with van der Waals surface area (Å²) in [6.07, 6.45) is 6.73. The smallest absolute Gasteiger partial charge is 0.244 e. The number of aromatic nitrogens is 2. The fourth-order valence-electron chi connectivity index (χ4n) is 3.39. The Morgan fingerprint density at radius 1 is 1.10 bits per heavy atom. The zero-order valence-corrected chi connectivity index (χ0v) is 15.9. The minimum absolute atomic E-state index is 0.282. The van der Waals surface area contributed by atoms with E-state index in [4.69, 9.17) is 0 Å². The molecule has 1 unspecified atom stereocenters. The predicted octanol–water partition coefficient (Wildman–Crippen LogP) is 4.63. The van der Waals surface area contributed by atoms with E-state index in [9.17, 15) is 9.18 Å². The Kier molecular flexibility index (Phi) is 5.20. The van der Waals surface area contributed by atoms with Crippen molar-refractivity contribution in [3.8, 4) is 0 Å². The number of imidazole rings is 1. The van der Waals surface area contributed by atoms with E-state index in [2.05, 4.69) is 10.3 Å². The molecule has 5 heteroatoms. The van der Waals surface area contributed by atoms with Gasteiger partial charge in [0.15, 0.2) is 0 Å². The molecule has 0 saturated carbocycles. The van der Waals surface area contributed by atoms with E-state index < -0.39 is 6.04 Å². The van der Waals surface area contributed by atoms with Crippen LogP contribution in [0.3, 0.4) is 0 Å². The second kappa shape index (κ2) is 8.10. The van der Waals surface area contributed by atoms with Gasteiger partial charge in [-0.05, 0) is 40.1 Å². The van der Waals surface area contributed by atoms with Crippen molar-refractivity contribution >= 4 is 22.8 Å². The minimum Gasteiger partial charge on any atom is -0.339 e. The van der Waals surface area contributed by atoms with Crippen LogP contribution < -0.4 is 5.32 Å². The summed E-state index contributed by atoms with van der Waals surface area (Å²) in [5.74, 6) is -0.0139. The van der Waals surface area contributed by atoms with Crippen molar-refractivity contribution in [2.75, 3.05) is 0 Å². The first-order valence-corrected chi connectivity index (χ1v) is 9.31. The second-order valence-electron chi connectivity index (χ2n) is 6.79. The van der Waals surface area contributed by atoms with Gasteiger partial charge < -0.3 is 9.88 Å². The van der Waals surface area contributed by atoms with E-state index in [1.165, 1.54) is 18.2 Å². The molecule has 1 amide bonds. The lowest BCUT2D eigenvalue weighted by molar-refractivity contribution is -0.117. The molecule has 29 heavy (non-hydrogen) atoms. The maximum absolute atomic E-state index is 13.8. The van der Waals surface area contributed by atoms with Crippen LogP contribution in [0.15, 0.2) is 85.2 Å². The normalized spacial score (nSPS) is 12.3. The number of aryl methyl sites for hydroxylation is 1. The van der Waals surface area contributed by atoms with Crippen molar-refractivity contribution in [1.29, 1.82) is 0 Å². The summed E-state index contributed by atoms with van der Waals surface area (Å²) in [6.45, 7) is 0. The first-order valence-electron chi connectivity index (χ1n) is 9.31. The van der Waals surface area contributed by atoms with E-state index in [-0.39, 0.29) is 11.7 Å². The van der Waals surface area contributed by atoms with Crippen molar-refractivity contribution in [3.05, 3.63) is 108 Å². The third kappa shape index (κ3) is 4.09. The van der Waals surface area contributed by atoms with Gasteiger partial charge in [-0.25, -0.2) is 9.37 Å². The molecule has 1 aromatic heterocycles. The van der Waals surface area contributed by atoms with Crippen LogP contribution >= 0.6 is 0 Å². The fraction of sp³-hybridized carbons (Fsp3) is 0.0833. The van der Waals surface area contributed by atoms with Gasteiger partial charge in [0.25, 0.3) is 0 Å². The molecule has 0 spiro atoms. The molecule has 0 radical (unpaired) electrons. The third-order valence-electron chi connectivity index (χ3n) is 4.82. The standard InChI is InChI=1S/C24H20FN3O/c1-28-15-14-26-24(28)23(19-9-5-10-20(25)16-19)27-22(29)13-12-18-8-4-7-17-6-2-3-11-21(17)18/h2-16,23H,1H3,(H,27,29)/b13-12+. The lowest BCUT2D eigenvalue weighted by Gasteiger charge is -2.18. The second-order valence-corrected chi connectivity index (χ2v) is 6.79. The molecular formula is C24H20FN3O. The highest BCUT2D eigenvalue weighted by Crippen LogP contribution is 2.22. The van der Waals surface area contributed by atoms with E-state index in [1.807, 2.05) is 54.1 Å². The van der Waals surface area contributed by atoms with Crippen LogP contribution in [0.5, 0.6) is 0 Å². The first-order chi connectivity index (χ1) is 14.1. The van der Waals surface area contributed by atoms with Gasteiger partial charge in [0.1, 0.15) is 17.7 Å². The van der Waals surface area contributed by atoms with Gasteiger partial charge in [0.05, 0.1) is 0 Å². The summed E-state index contributed by atoms with van der Waals surface area (Å²) in [4.78, 5) is 17.0. The summed E-state index contributed by atoms with van der Waals surface area (Å²) >= 11 is 0. The van der Waals surface area contributed by atoms with Crippen LogP contribution in [0.1, 0.15) is 23.0 Å². The molecule has 0 aliphatic rings. The summed E-state index contributed by atoms with van der Waals surface area (Å²) in [6, 6.07) is 19.6. The van der Waals surface area contributed by atoms with E-state index in [0.29, 0.717) is 11.4 Å². The average molecular weight is 385 g/mol. The van der Waals surface area contributed by atoms with Crippen molar-refractivity contribution in [1.82, 2.24) is 14.9 Å². The molecule has 0 aliphatic carbocycles. The van der Waals surface area contributed by atoms with Gasteiger partial charge in [0.2, 0.25) is 5.91 Å². The summed E-state index contributed by atoms with van der Waals surface area (Å²) < 4.78 is 15.6. The quantitative estimate of drug-likeness (QED) is 0.509. The van der Waals surface area contributed by atoms with Gasteiger partial charge in [-0.2, -0.15) is 0 Å². The Hall–Kier alpha value is -3.73. The summed E-state index contributed by atoms with van der Waals surface area (Å²) in [7, 11) is 1.84. The highest BCUT2D eigenvalue weighted by Gasteiger charge is 2.20. The van der Waals surface area contributed by atoms with Crippen molar-refractivity contribution in [2.45, 2.75) is 6.04 Å². The molecule has 0 fully saturated rings. The number of benzene rings is 3. The number of fused-ring (bicyclic) bond motifs is 1. The van der Waals surface area contributed by atoms with Crippen LogP contribution in [-0.2, 0) is 11.8 Å². The third-order valence-corrected chi connectivity index (χ3v) is 4.82. The molecular weight excluding hydrogens is 365 g/mol. The Balaban J connectivity index is 1.61. The number of halogens is 1. The molecule has 4 nitrogen and oxygen atoms in total. The number of hydrogen-bond donors (Lipinski definition) is 1. The van der Waals surface area contributed by atoms with Crippen LogP contribution in [0.2, 0.25) is 0 Å². The predicted molar refractivity (Wildman–Crippen MR) is 113 cm³/mol. The summed E-state index contributed by atoms with van der Waals surface area (Å²) in [5.41, 5.74) is 1.59. The SMILES string of the molecule is Cn1ccnc1C(NC(=O)/C=C/c1cccc2ccccc12)c1cccc(F)c1. The molecule has 0 saturated heterocycles. The molecule has 4 aromatic rings. The van der Waals surface area contributed by atoms with Crippen molar-refractivity contribution in [3.63, 3.8) is 0 Å². The van der Waals surface area contributed by atoms with Gasteiger partial charge in [-0.3, -0.25) is 4.79 Å². The fourth-order valence-corrected chi connectivity index (χ4v) is 3.39. The van der Waals surface area contributed by atoms with Gasteiger partial charge >= 0.3 is 0 Å². The Morgan fingerprint density at radius 2 is 1.90 bits per heavy atom. The number of carbonyl (C=O) groups is 1. The number of rotatable bonds is 5. The summed E-state index contributed by atoms with van der Waals surface area (Å²) in [5, 5.41) is 5.13. The number of nitrogens with zero attached hydrogens (tertiary/aromatic N) is 2. The van der Waals surface area contributed by atoms with Gasteiger partial charge in [-0.15, -0.1) is 0 Å². The number of hydrogen-bond acceptors (Lipinski definition) is 2. The van der Waals surface area contributed by atoms with E-state index in [1.54, 1.807) is 30.6 Å². The molecule has 0 bridgehead atoms. The zero-order valence-electron chi connectivity index (χ0n) is 15.9. The van der Waals surface area contributed by atoms with E-state index in [0.717, 1.165) is 16.3 Å². The molecule has 0 aliphatic heterocycles. The topological polar surface area (TPSA) is 46.9 Å². The van der Waals surface area contributed by atoms with Crippen LogP contribution in [-0.4, -0.2) is 15.5 Å². The Labute approximate surface area is 168 Å². The van der Waals surface area contributed by atoms with Gasteiger partial charge in [-0.1, -0.05) is 54.6 Å². The van der Waals surface area contributed by atoms with Crippen molar-refractivity contribution < 1.29 is 9.18 Å². The molecule has 1 atom stereocenters. The molecule has 1 heterocycles. The zero-order chi connectivity index (χ0) is 20.2. The maximum Gasteiger partial charge on any atom is 0.244 e. The Morgan fingerprint density at radius 3 is 2.69 bits per heavy atom. The minimum atomic E-state index is -0.560. The highest BCUT2D eigenvalue weighted by molar-refractivity contribution is 5.96. The lowest BCUT2D eigenvalue weighted by Crippen LogP contribution is -2.29. The molecule has 1 N–H and O–H groups in total. The molecule has 144 valence electrons. The monoisotopic (exact) mass is 385 g/mol. The van der Waals surface area contributed by atoms with Gasteiger partial charge in [0, 0.05) is 25.5 Å². The molecule has 4 rings (SSSR count). The molecule has 3 aromatic carbocycles. The van der Waals surface area contributed by atoms with Crippen LogP contribution in [0, 0.1) is 5.82 Å². The van der Waals surface area contributed by atoms with E-state index >= 15 is 0 Å². The number of nitrogens with one attached hydrogen (secondary N) is 1. The number of carbonyl (C=O) groups excluding carboxylic acids is 1. The van der Waals surface area contributed by atoms with Crippen LogP contribution in [0.25, 0.3) is 16.8 Å². The lowest BCUT2D eigenvalue weighted by atomic mass is 10.0. The largest absolute Gasteiger partial charge is 0.339 e. The van der Waals surface area contributed by atoms with Crippen molar-refractivity contribution in [2.24, 2.45) is 7.05 Å². The Bertz CT molecular complexity index is 1190. The number of amides is 1. The first kappa shape index (κ1) is 18.6. The average Bonchev–Trinajstić information content (AvgIpc) is 3.16.